The maximum absolute atomic E-state index is 12.4. The van der Waals surface area contributed by atoms with Crippen LogP contribution in [0.15, 0.2) is 46.9 Å². The Hall–Kier alpha value is -1.86. The topological polar surface area (TPSA) is 66.5 Å². The molecule has 0 aromatic heterocycles. The fourth-order valence-electron chi connectivity index (χ4n) is 2.82. The van der Waals surface area contributed by atoms with Crippen molar-refractivity contribution < 1.29 is 13.2 Å². The summed E-state index contributed by atoms with van der Waals surface area (Å²) in [4.78, 5) is 12.4. The average molecular weight is 423 g/mol. The number of hydrogen-bond acceptors (Lipinski definition) is 3. The van der Waals surface area contributed by atoms with Crippen molar-refractivity contribution in [3.05, 3.63) is 58.1 Å². The van der Waals surface area contributed by atoms with E-state index < -0.39 is 10.0 Å². The van der Waals surface area contributed by atoms with Gasteiger partial charge in [0, 0.05) is 22.3 Å². The van der Waals surface area contributed by atoms with Gasteiger partial charge in [-0.3, -0.25) is 9.10 Å². The minimum Gasteiger partial charge on any atom is -0.322 e. The van der Waals surface area contributed by atoms with Crippen LogP contribution in [0.4, 0.5) is 11.4 Å². The number of nitrogens with zero attached hydrogens (tertiary/aromatic N) is 1. The van der Waals surface area contributed by atoms with E-state index in [1.807, 2.05) is 25.1 Å². The highest BCUT2D eigenvalue weighted by molar-refractivity contribution is 9.10. The van der Waals surface area contributed by atoms with Crippen LogP contribution in [0.3, 0.4) is 0 Å². The summed E-state index contributed by atoms with van der Waals surface area (Å²) in [5.74, 6) is -0.0450. The van der Waals surface area contributed by atoms with Crippen LogP contribution >= 0.6 is 15.9 Å². The van der Waals surface area contributed by atoms with Crippen LogP contribution in [0.1, 0.15) is 28.8 Å². The van der Waals surface area contributed by atoms with Gasteiger partial charge >= 0.3 is 0 Å². The second kappa shape index (κ2) is 7.17. The van der Waals surface area contributed by atoms with Crippen LogP contribution in [0, 0.1) is 6.92 Å². The lowest BCUT2D eigenvalue weighted by Gasteiger charge is -2.28. The quantitative estimate of drug-likeness (QED) is 0.814. The van der Waals surface area contributed by atoms with Gasteiger partial charge in [-0.15, -0.1) is 0 Å². The lowest BCUT2D eigenvalue weighted by Crippen LogP contribution is -2.37. The molecule has 1 saturated heterocycles. The third-order valence-electron chi connectivity index (χ3n) is 4.20. The minimum absolute atomic E-state index is 0.179. The van der Waals surface area contributed by atoms with E-state index in [9.17, 15) is 13.2 Å². The van der Waals surface area contributed by atoms with E-state index in [0.29, 0.717) is 24.2 Å². The van der Waals surface area contributed by atoms with Gasteiger partial charge in [-0.1, -0.05) is 15.9 Å². The number of hydrogen-bond donors (Lipinski definition) is 1. The zero-order valence-corrected chi connectivity index (χ0v) is 16.2. The number of rotatable bonds is 3. The van der Waals surface area contributed by atoms with Gasteiger partial charge in [0.05, 0.1) is 11.4 Å². The lowest BCUT2D eigenvalue weighted by molar-refractivity contribution is 0.102. The van der Waals surface area contributed by atoms with Crippen LogP contribution in [0.25, 0.3) is 0 Å². The molecule has 1 N–H and O–H groups in total. The van der Waals surface area contributed by atoms with Gasteiger partial charge in [-0.25, -0.2) is 8.42 Å². The van der Waals surface area contributed by atoms with E-state index in [1.54, 1.807) is 24.3 Å². The zero-order valence-electron chi connectivity index (χ0n) is 13.8. The number of carbonyl (C=O) groups excluding carboxylic acids is 1. The Morgan fingerprint density at radius 3 is 2.48 bits per heavy atom. The second-order valence-corrected chi connectivity index (χ2v) is 8.98. The molecule has 7 heteroatoms. The largest absolute Gasteiger partial charge is 0.322 e. The van der Waals surface area contributed by atoms with Gasteiger partial charge < -0.3 is 5.32 Å². The molecular weight excluding hydrogens is 404 g/mol. The normalized spacial score (nSPS) is 16.5. The Morgan fingerprint density at radius 2 is 1.84 bits per heavy atom. The SMILES string of the molecule is Cc1cc(Br)ccc1NC(=O)c1ccc(N2CCCCS2(=O)=O)cc1. The summed E-state index contributed by atoms with van der Waals surface area (Å²) in [6.07, 6.45) is 1.55. The molecule has 0 spiro atoms. The monoisotopic (exact) mass is 422 g/mol. The molecule has 2 aromatic carbocycles. The molecule has 1 amide bonds. The van der Waals surface area contributed by atoms with Crippen molar-refractivity contribution in [1.29, 1.82) is 0 Å². The molecule has 0 bridgehead atoms. The van der Waals surface area contributed by atoms with E-state index in [0.717, 1.165) is 22.1 Å². The van der Waals surface area contributed by atoms with Crippen LogP contribution in [0.5, 0.6) is 0 Å². The highest BCUT2D eigenvalue weighted by Gasteiger charge is 2.26. The maximum Gasteiger partial charge on any atom is 0.255 e. The van der Waals surface area contributed by atoms with Gasteiger partial charge in [0.2, 0.25) is 10.0 Å². The Labute approximate surface area is 156 Å². The predicted octanol–water partition coefficient (Wildman–Crippen LogP) is 3.94. The van der Waals surface area contributed by atoms with Gasteiger partial charge in [0.1, 0.15) is 0 Å². The van der Waals surface area contributed by atoms with Crippen molar-refractivity contribution >= 4 is 43.2 Å². The molecule has 25 heavy (non-hydrogen) atoms. The molecule has 0 aliphatic carbocycles. The van der Waals surface area contributed by atoms with Crippen molar-refractivity contribution in [2.24, 2.45) is 0 Å². The van der Waals surface area contributed by atoms with Crippen LogP contribution in [0.2, 0.25) is 0 Å². The molecule has 1 aliphatic heterocycles. The number of sulfonamides is 1. The van der Waals surface area contributed by atoms with Crippen molar-refractivity contribution in [2.45, 2.75) is 19.8 Å². The number of halogens is 1. The van der Waals surface area contributed by atoms with Crippen LogP contribution in [-0.2, 0) is 10.0 Å². The summed E-state index contributed by atoms with van der Waals surface area (Å²) in [5, 5.41) is 2.88. The predicted molar refractivity (Wildman–Crippen MR) is 104 cm³/mol. The van der Waals surface area contributed by atoms with E-state index in [4.69, 9.17) is 0 Å². The average Bonchev–Trinajstić information content (AvgIpc) is 2.57. The van der Waals surface area contributed by atoms with Crippen molar-refractivity contribution in [2.75, 3.05) is 21.9 Å². The number of anilines is 2. The Balaban J connectivity index is 1.76. The first-order valence-corrected chi connectivity index (χ1v) is 10.4. The highest BCUT2D eigenvalue weighted by atomic mass is 79.9. The van der Waals surface area contributed by atoms with Crippen LogP contribution < -0.4 is 9.62 Å². The van der Waals surface area contributed by atoms with E-state index in [2.05, 4.69) is 21.2 Å². The maximum atomic E-state index is 12.4. The van der Waals surface area contributed by atoms with Crippen molar-refractivity contribution in [3.63, 3.8) is 0 Å². The molecule has 3 rings (SSSR count). The van der Waals surface area contributed by atoms with Crippen LogP contribution in [-0.4, -0.2) is 26.6 Å². The first-order valence-electron chi connectivity index (χ1n) is 8.05. The number of amides is 1. The summed E-state index contributed by atoms with van der Waals surface area (Å²) in [5.41, 5.74) is 2.80. The number of carbonyl (C=O) groups is 1. The van der Waals surface area contributed by atoms with Crippen molar-refractivity contribution in [1.82, 2.24) is 0 Å². The molecule has 1 heterocycles. The molecule has 0 atom stereocenters. The highest BCUT2D eigenvalue weighted by Crippen LogP contribution is 2.25. The molecule has 1 aliphatic rings. The third-order valence-corrected chi connectivity index (χ3v) is 6.57. The zero-order chi connectivity index (χ0) is 18.0. The number of aryl methyl sites for hydroxylation is 1. The summed E-state index contributed by atoms with van der Waals surface area (Å²) in [6.45, 7) is 2.41. The summed E-state index contributed by atoms with van der Waals surface area (Å²) in [7, 11) is -3.24. The molecule has 0 unspecified atom stereocenters. The molecular formula is C18H19BrN2O3S. The van der Waals surface area contributed by atoms with Gasteiger partial charge in [-0.05, 0) is 67.8 Å². The van der Waals surface area contributed by atoms with E-state index in [1.165, 1.54) is 4.31 Å². The molecule has 132 valence electrons. The first kappa shape index (κ1) is 17.9. The fraction of sp³-hybridized carbons (Fsp3) is 0.278. The van der Waals surface area contributed by atoms with Gasteiger partial charge in [-0.2, -0.15) is 0 Å². The van der Waals surface area contributed by atoms with Gasteiger partial charge in [0.15, 0.2) is 0 Å². The third kappa shape index (κ3) is 4.04. The summed E-state index contributed by atoms with van der Waals surface area (Å²) >= 11 is 3.40. The second-order valence-electron chi connectivity index (χ2n) is 6.06. The lowest BCUT2D eigenvalue weighted by atomic mass is 10.1. The Bertz CT molecular complexity index is 895. The molecule has 0 radical (unpaired) electrons. The Kier molecular flexibility index (Phi) is 5.15. The van der Waals surface area contributed by atoms with Gasteiger partial charge in [0.25, 0.3) is 5.91 Å². The molecule has 2 aromatic rings. The fourth-order valence-corrected chi connectivity index (χ4v) is 4.93. The summed E-state index contributed by atoms with van der Waals surface area (Å²) in [6, 6.07) is 12.3. The molecule has 0 saturated carbocycles. The Morgan fingerprint density at radius 1 is 1.12 bits per heavy atom. The number of benzene rings is 2. The minimum atomic E-state index is -3.24. The molecule has 5 nitrogen and oxygen atoms in total. The molecule has 1 fully saturated rings. The van der Waals surface area contributed by atoms with Crippen molar-refractivity contribution in [3.8, 4) is 0 Å². The smallest absolute Gasteiger partial charge is 0.255 e. The number of nitrogens with one attached hydrogen (secondary N) is 1. The first-order chi connectivity index (χ1) is 11.9. The summed E-state index contributed by atoms with van der Waals surface area (Å²) < 4.78 is 26.7. The van der Waals surface area contributed by atoms with E-state index in [-0.39, 0.29) is 11.7 Å². The van der Waals surface area contributed by atoms with E-state index >= 15 is 0 Å². The standard InChI is InChI=1S/C18H19BrN2O3S/c1-13-12-15(19)6-9-17(13)20-18(22)14-4-7-16(8-5-14)21-10-2-3-11-25(21,23)24/h4-9,12H,2-3,10-11H2,1H3,(H,20,22).